The highest BCUT2D eigenvalue weighted by atomic mass is 19.2. The monoisotopic (exact) mass is 492 g/mol. The summed E-state index contributed by atoms with van der Waals surface area (Å²) in [6.07, 6.45) is 0. The molecule has 4 nitrogen and oxygen atoms in total. The van der Waals surface area contributed by atoms with Gasteiger partial charge in [0.1, 0.15) is 5.75 Å². The summed E-state index contributed by atoms with van der Waals surface area (Å²) in [4.78, 5) is 17.7. The SMILES string of the molecule is COc1cccc(C2CN(Cc3ccc(F)c(F)c3)CC2CN(CC(C)C)C(=O)c2ccccc2)c1. The summed E-state index contributed by atoms with van der Waals surface area (Å²) >= 11 is 0. The number of nitrogens with zero attached hydrogens (tertiary/aromatic N) is 2. The molecular weight excluding hydrogens is 458 g/mol. The maximum atomic E-state index is 13.8. The second-order valence-electron chi connectivity index (χ2n) is 10.1. The maximum Gasteiger partial charge on any atom is 0.253 e. The van der Waals surface area contributed by atoms with Gasteiger partial charge in [-0.25, -0.2) is 8.78 Å². The maximum absolute atomic E-state index is 13.8. The van der Waals surface area contributed by atoms with Crippen LogP contribution in [-0.4, -0.2) is 49.0 Å². The highest BCUT2D eigenvalue weighted by molar-refractivity contribution is 5.94. The quantitative estimate of drug-likeness (QED) is 0.368. The molecule has 0 spiro atoms. The van der Waals surface area contributed by atoms with Gasteiger partial charge in [0, 0.05) is 44.2 Å². The van der Waals surface area contributed by atoms with E-state index >= 15 is 0 Å². The number of carbonyl (C=O) groups excluding carboxylic acids is 1. The van der Waals surface area contributed by atoms with Crippen LogP contribution >= 0.6 is 0 Å². The normalized spacial score (nSPS) is 17.9. The van der Waals surface area contributed by atoms with E-state index in [1.54, 1.807) is 13.2 Å². The standard InChI is InChI=1S/C30H34F2N2O2/c1-21(2)16-34(30(35)23-8-5-4-6-9-23)19-25-18-33(17-22-12-13-28(31)29(32)14-22)20-27(25)24-10-7-11-26(15-24)36-3/h4-15,21,25,27H,16-20H2,1-3H3. The molecule has 6 heteroatoms. The zero-order chi connectivity index (χ0) is 25.7. The van der Waals surface area contributed by atoms with Crippen LogP contribution in [0.4, 0.5) is 8.78 Å². The molecule has 2 atom stereocenters. The molecule has 0 aliphatic carbocycles. The summed E-state index contributed by atoms with van der Waals surface area (Å²) in [5.41, 5.74) is 2.58. The third-order valence-electron chi connectivity index (χ3n) is 6.78. The van der Waals surface area contributed by atoms with E-state index in [9.17, 15) is 13.6 Å². The molecule has 2 unspecified atom stereocenters. The van der Waals surface area contributed by atoms with Crippen molar-refractivity contribution in [1.29, 1.82) is 0 Å². The van der Waals surface area contributed by atoms with Crippen LogP contribution in [0, 0.1) is 23.5 Å². The number of likely N-dealkylation sites (tertiary alicyclic amines) is 1. The van der Waals surface area contributed by atoms with Crippen molar-refractivity contribution in [3.8, 4) is 5.75 Å². The van der Waals surface area contributed by atoms with Gasteiger partial charge < -0.3 is 9.64 Å². The lowest BCUT2D eigenvalue weighted by Crippen LogP contribution is -2.39. The highest BCUT2D eigenvalue weighted by Crippen LogP contribution is 2.36. The van der Waals surface area contributed by atoms with Gasteiger partial charge in [-0.05, 0) is 59.4 Å². The number of carbonyl (C=O) groups is 1. The van der Waals surface area contributed by atoms with Crippen LogP contribution in [0.25, 0.3) is 0 Å². The molecule has 36 heavy (non-hydrogen) atoms. The first-order valence-electron chi connectivity index (χ1n) is 12.5. The first-order valence-corrected chi connectivity index (χ1v) is 12.5. The molecule has 0 aromatic heterocycles. The first-order chi connectivity index (χ1) is 17.3. The minimum Gasteiger partial charge on any atom is -0.497 e. The number of hydrogen-bond acceptors (Lipinski definition) is 3. The molecule has 1 heterocycles. The Morgan fingerprint density at radius 2 is 1.78 bits per heavy atom. The number of ether oxygens (including phenoxy) is 1. The third kappa shape index (κ3) is 6.30. The summed E-state index contributed by atoms with van der Waals surface area (Å²) < 4.78 is 32.8. The van der Waals surface area contributed by atoms with Gasteiger partial charge in [-0.3, -0.25) is 9.69 Å². The van der Waals surface area contributed by atoms with Crippen molar-refractivity contribution >= 4 is 5.91 Å². The number of rotatable bonds is 9. The number of hydrogen-bond donors (Lipinski definition) is 0. The number of methoxy groups -OCH3 is 1. The topological polar surface area (TPSA) is 32.8 Å². The van der Waals surface area contributed by atoms with Crippen molar-refractivity contribution in [2.75, 3.05) is 33.3 Å². The van der Waals surface area contributed by atoms with E-state index in [2.05, 4.69) is 30.9 Å². The minimum atomic E-state index is -0.837. The van der Waals surface area contributed by atoms with Crippen LogP contribution in [0.2, 0.25) is 0 Å². The summed E-state index contributed by atoms with van der Waals surface area (Å²) in [5, 5.41) is 0. The second-order valence-corrected chi connectivity index (χ2v) is 10.1. The van der Waals surface area contributed by atoms with E-state index in [-0.39, 0.29) is 17.7 Å². The Kier molecular flexibility index (Phi) is 8.36. The molecule has 1 amide bonds. The molecule has 190 valence electrons. The molecule has 0 N–H and O–H groups in total. The summed E-state index contributed by atoms with van der Waals surface area (Å²) in [5.74, 6) is -0.164. The lowest BCUT2D eigenvalue weighted by molar-refractivity contribution is 0.0703. The van der Waals surface area contributed by atoms with Gasteiger partial charge in [-0.1, -0.05) is 50.2 Å². The summed E-state index contributed by atoms with van der Waals surface area (Å²) in [6, 6.07) is 21.6. The van der Waals surface area contributed by atoms with E-state index in [4.69, 9.17) is 4.74 Å². The zero-order valence-corrected chi connectivity index (χ0v) is 21.2. The predicted molar refractivity (Wildman–Crippen MR) is 138 cm³/mol. The Balaban J connectivity index is 1.60. The average Bonchev–Trinajstić information content (AvgIpc) is 3.27. The van der Waals surface area contributed by atoms with Crippen molar-refractivity contribution < 1.29 is 18.3 Å². The molecule has 3 aromatic carbocycles. The van der Waals surface area contributed by atoms with E-state index in [1.165, 1.54) is 12.1 Å². The fourth-order valence-electron chi connectivity index (χ4n) is 5.15. The van der Waals surface area contributed by atoms with Gasteiger partial charge in [-0.15, -0.1) is 0 Å². The molecule has 4 rings (SSSR count). The van der Waals surface area contributed by atoms with Gasteiger partial charge in [-0.2, -0.15) is 0 Å². The van der Waals surface area contributed by atoms with Crippen LogP contribution in [0.3, 0.4) is 0 Å². The van der Waals surface area contributed by atoms with Gasteiger partial charge in [0.15, 0.2) is 11.6 Å². The molecular formula is C30H34F2N2O2. The Hall–Kier alpha value is -3.25. The Morgan fingerprint density at radius 1 is 1.00 bits per heavy atom. The molecule has 3 aromatic rings. The molecule has 0 saturated carbocycles. The Morgan fingerprint density at radius 3 is 2.47 bits per heavy atom. The lowest BCUT2D eigenvalue weighted by atomic mass is 9.88. The Labute approximate surface area is 212 Å². The van der Waals surface area contributed by atoms with Crippen LogP contribution in [0.5, 0.6) is 5.75 Å². The molecule has 1 saturated heterocycles. The smallest absolute Gasteiger partial charge is 0.253 e. The highest BCUT2D eigenvalue weighted by Gasteiger charge is 2.36. The lowest BCUT2D eigenvalue weighted by Gasteiger charge is -2.30. The zero-order valence-electron chi connectivity index (χ0n) is 21.2. The number of amides is 1. The molecule has 1 aliphatic heterocycles. The van der Waals surface area contributed by atoms with Gasteiger partial charge in [0.05, 0.1) is 7.11 Å². The Bertz CT molecular complexity index is 1170. The largest absolute Gasteiger partial charge is 0.497 e. The van der Waals surface area contributed by atoms with E-state index < -0.39 is 11.6 Å². The molecule has 0 bridgehead atoms. The van der Waals surface area contributed by atoms with Crippen LogP contribution in [0.1, 0.15) is 41.3 Å². The van der Waals surface area contributed by atoms with Gasteiger partial charge >= 0.3 is 0 Å². The van der Waals surface area contributed by atoms with Crippen molar-refractivity contribution in [3.63, 3.8) is 0 Å². The predicted octanol–water partition coefficient (Wildman–Crippen LogP) is 5.99. The molecule has 1 aliphatic rings. The molecule has 0 radical (unpaired) electrons. The first kappa shape index (κ1) is 25.8. The summed E-state index contributed by atoms with van der Waals surface area (Å²) in [6.45, 7) is 7.54. The van der Waals surface area contributed by atoms with Crippen molar-refractivity contribution in [1.82, 2.24) is 9.80 Å². The molecule has 1 fully saturated rings. The average molecular weight is 493 g/mol. The van der Waals surface area contributed by atoms with Crippen molar-refractivity contribution in [2.45, 2.75) is 26.3 Å². The second kappa shape index (κ2) is 11.7. The number of benzene rings is 3. The van der Waals surface area contributed by atoms with E-state index in [0.717, 1.165) is 30.0 Å². The van der Waals surface area contributed by atoms with Gasteiger partial charge in [0.2, 0.25) is 0 Å². The third-order valence-corrected chi connectivity index (χ3v) is 6.78. The van der Waals surface area contributed by atoms with Crippen LogP contribution in [0.15, 0.2) is 72.8 Å². The van der Waals surface area contributed by atoms with E-state index in [1.807, 2.05) is 47.4 Å². The van der Waals surface area contributed by atoms with Crippen LogP contribution < -0.4 is 4.74 Å². The fourth-order valence-corrected chi connectivity index (χ4v) is 5.15. The minimum absolute atomic E-state index is 0.0350. The van der Waals surface area contributed by atoms with Crippen LogP contribution in [-0.2, 0) is 6.54 Å². The van der Waals surface area contributed by atoms with Gasteiger partial charge in [0.25, 0.3) is 5.91 Å². The number of halogens is 2. The fraction of sp³-hybridized carbons (Fsp3) is 0.367. The van der Waals surface area contributed by atoms with E-state index in [0.29, 0.717) is 31.1 Å². The van der Waals surface area contributed by atoms with Crippen molar-refractivity contribution in [2.24, 2.45) is 11.8 Å². The van der Waals surface area contributed by atoms with Crippen molar-refractivity contribution in [3.05, 3.63) is 101 Å². The summed E-state index contributed by atoms with van der Waals surface area (Å²) in [7, 11) is 1.66.